The zero-order valence-electron chi connectivity index (χ0n) is 21.8. The van der Waals surface area contributed by atoms with Gasteiger partial charge in [0.2, 0.25) is 9.84 Å². The highest BCUT2D eigenvalue weighted by molar-refractivity contribution is 7.91. The van der Waals surface area contributed by atoms with E-state index in [-0.39, 0.29) is 44.9 Å². The van der Waals surface area contributed by atoms with Gasteiger partial charge in [-0.3, -0.25) is 9.59 Å². The minimum absolute atomic E-state index is 0.0237. The van der Waals surface area contributed by atoms with Crippen LogP contribution in [0.5, 0.6) is 0 Å². The third-order valence-corrected chi connectivity index (χ3v) is 9.31. The van der Waals surface area contributed by atoms with Crippen molar-refractivity contribution in [2.75, 3.05) is 36.0 Å². The standard InChI is InChI=1S/C31H25F2N3O4S/c32-23-8-5-21(6-9-23)20-36-27-19-22(7-14-29(27)41(39,40)28-4-2-1-3-26(28)31(36)38)30(37)35-17-15-34(16-18-35)25-12-10-24(33)11-13-25/h1-14,19H,15-18,20H2. The molecule has 0 N–H and O–H groups in total. The van der Waals surface area contributed by atoms with Gasteiger partial charge in [0, 0.05) is 37.4 Å². The van der Waals surface area contributed by atoms with Crippen LogP contribution in [0.1, 0.15) is 26.3 Å². The van der Waals surface area contributed by atoms with E-state index in [1.54, 1.807) is 29.2 Å². The average molecular weight is 574 g/mol. The van der Waals surface area contributed by atoms with Gasteiger partial charge in [-0.25, -0.2) is 17.2 Å². The molecule has 0 aromatic heterocycles. The lowest BCUT2D eigenvalue weighted by Crippen LogP contribution is -2.48. The highest BCUT2D eigenvalue weighted by Gasteiger charge is 2.36. The molecule has 0 unspecified atom stereocenters. The Morgan fingerprint density at radius 2 is 1.39 bits per heavy atom. The van der Waals surface area contributed by atoms with Crippen LogP contribution in [0, 0.1) is 11.6 Å². The fourth-order valence-electron chi connectivity index (χ4n) is 5.27. The summed E-state index contributed by atoms with van der Waals surface area (Å²) in [5, 5.41) is 0. The number of carbonyl (C=O) groups excluding carboxylic acids is 2. The van der Waals surface area contributed by atoms with Gasteiger partial charge in [-0.2, -0.15) is 0 Å². The lowest BCUT2D eigenvalue weighted by Gasteiger charge is -2.36. The molecular weight excluding hydrogens is 548 g/mol. The van der Waals surface area contributed by atoms with Crippen LogP contribution in [-0.4, -0.2) is 51.3 Å². The molecule has 2 heterocycles. The van der Waals surface area contributed by atoms with Crippen molar-refractivity contribution in [2.45, 2.75) is 16.3 Å². The number of anilines is 2. The normalized spacial score (nSPS) is 16.1. The van der Waals surface area contributed by atoms with Gasteiger partial charge >= 0.3 is 0 Å². The van der Waals surface area contributed by atoms with Crippen molar-refractivity contribution in [1.29, 1.82) is 0 Å². The Hall–Kier alpha value is -4.57. The molecule has 2 aliphatic rings. The van der Waals surface area contributed by atoms with E-state index in [2.05, 4.69) is 4.90 Å². The van der Waals surface area contributed by atoms with Crippen LogP contribution in [0.2, 0.25) is 0 Å². The number of halogens is 2. The maximum Gasteiger partial charge on any atom is 0.259 e. The molecule has 4 aromatic carbocycles. The summed E-state index contributed by atoms with van der Waals surface area (Å²) in [6.45, 7) is 1.89. The van der Waals surface area contributed by atoms with Gasteiger partial charge in [-0.1, -0.05) is 24.3 Å². The molecule has 10 heteroatoms. The van der Waals surface area contributed by atoms with Gasteiger partial charge in [0.1, 0.15) is 11.6 Å². The second-order valence-corrected chi connectivity index (χ2v) is 11.8. The second-order valence-electron chi connectivity index (χ2n) is 9.96. The van der Waals surface area contributed by atoms with E-state index in [1.165, 1.54) is 71.6 Å². The third-order valence-electron chi connectivity index (χ3n) is 7.45. The van der Waals surface area contributed by atoms with Crippen molar-refractivity contribution in [1.82, 2.24) is 4.90 Å². The van der Waals surface area contributed by atoms with E-state index in [4.69, 9.17) is 0 Å². The predicted molar refractivity (Wildman–Crippen MR) is 150 cm³/mol. The van der Waals surface area contributed by atoms with Gasteiger partial charge < -0.3 is 14.7 Å². The number of piperazine rings is 1. The largest absolute Gasteiger partial charge is 0.368 e. The molecule has 0 saturated carbocycles. The lowest BCUT2D eigenvalue weighted by molar-refractivity contribution is 0.0746. The number of amides is 2. The SMILES string of the molecule is O=C(c1ccc2c(c1)N(Cc1ccc(F)cc1)C(=O)c1ccccc1S2(=O)=O)N1CCN(c2ccc(F)cc2)CC1. The zero-order chi connectivity index (χ0) is 28.7. The molecular formula is C31H25F2N3O4S. The number of sulfone groups is 1. The van der Waals surface area contributed by atoms with Gasteiger partial charge in [0.05, 0.1) is 27.6 Å². The van der Waals surface area contributed by atoms with Crippen molar-refractivity contribution >= 4 is 33.0 Å². The quantitative estimate of drug-likeness (QED) is 0.347. The smallest absolute Gasteiger partial charge is 0.259 e. The van der Waals surface area contributed by atoms with Gasteiger partial charge in [0.15, 0.2) is 0 Å². The zero-order valence-corrected chi connectivity index (χ0v) is 22.7. The van der Waals surface area contributed by atoms with E-state index < -0.39 is 21.6 Å². The minimum atomic E-state index is -4.09. The highest BCUT2D eigenvalue weighted by atomic mass is 32.2. The molecule has 1 saturated heterocycles. The number of rotatable bonds is 4. The number of carbonyl (C=O) groups is 2. The molecule has 2 amide bonds. The minimum Gasteiger partial charge on any atom is -0.368 e. The first-order chi connectivity index (χ1) is 19.7. The van der Waals surface area contributed by atoms with Gasteiger partial charge in [-0.15, -0.1) is 0 Å². The molecule has 0 atom stereocenters. The summed E-state index contributed by atoms with van der Waals surface area (Å²) in [7, 11) is -4.09. The summed E-state index contributed by atoms with van der Waals surface area (Å²) in [5.74, 6) is -1.58. The molecule has 6 rings (SSSR count). The fourth-order valence-corrected chi connectivity index (χ4v) is 6.90. The molecule has 0 aliphatic carbocycles. The molecule has 208 valence electrons. The van der Waals surface area contributed by atoms with E-state index in [0.717, 1.165) is 5.69 Å². The summed E-state index contributed by atoms with van der Waals surface area (Å²) >= 11 is 0. The summed E-state index contributed by atoms with van der Waals surface area (Å²) in [5.41, 5.74) is 1.82. The molecule has 2 aliphatic heterocycles. The van der Waals surface area contributed by atoms with Crippen molar-refractivity contribution in [2.24, 2.45) is 0 Å². The van der Waals surface area contributed by atoms with E-state index in [9.17, 15) is 26.8 Å². The number of fused-ring (bicyclic) bond motifs is 2. The van der Waals surface area contributed by atoms with Crippen LogP contribution in [-0.2, 0) is 16.4 Å². The first kappa shape index (κ1) is 26.6. The Balaban J connectivity index is 1.34. The first-order valence-electron chi connectivity index (χ1n) is 13.1. The maximum atomic E-state index is 13.8. The molecule has 0 spiro atoms. The molecule has 0 bridgehead atoms. The van der Waals surface area contributed by atoms with Crippen LogP contribution in [0.3, 0.4) is 0 Å². The Kier molecular flexibility index (Phi) is 6.78. The molecule has 7 nitrogen and oxygen atoms in total. The van der Waals surface area contributed by atoms with E-state index >= 15 is 0 Å². The van der Waals surface area contributed by atoms with Crippen molar-refractivity contribution in [3.63, 3.8) is 0 Å². The molecule has 41 heavy (non-hydrogen) atoms. The van der Waals surface area contributed by atoms with Crippen LogP contribution >= 0.6 is 0 Å². The summed E-state index contributed by atoms with van der Waals surface area (Å²) in [6.07, 6.45) is 0. The first-order valence-corrected chi connectivity index (χ1v) is 14.5. The average Bonchev–Trinajstić information content (AvgIpc) is 3.06. The molecule has 4 aromatic rings. The monoisotopic (exact) mass is 573 g/mol. The Morgan fingerprint density at radius 3 is 2.07 bits per heavy atom. The lowest BCUT2D eigenvalue weighted by atomic mass is 10.1. The van der Waals surface area contributed by atoms with Crippen LogP contribution < -0.4 is 9.80 Å². The maximum absolute atomic E-state index is 13.8. The Bertz CT molecular complexity index is 1750. The van der Waals surface area contributed by atoms with Crippen LogP contribution in [0.15, 0.2) is 101 Å². The molecule has 1 fully saturated rings. The third kappa shape index (κ3) is 4.95. The van der Waals surface area contributed by atoms with Crippen LogP contribution in [0.25, 0.3) is 0 Å². The second kappa shape index (κ2) is 10.4. The highest BCUT2D eigenvalue weighted by Crippen LogP contribution is 2.38. The van der Waals surface area contributed by atoms with Gasteiger partial charge in [0.25, 0.3) is 11.8 Å². The number of hydrogen-bond acceptors (Lipinski definition) is 5. The number of benzene rings is 4. The summed E-state index contributed by atoms with van der Waals surface area (Å²) < 4.78 is 54.4. The Labute approximate surface area is 236 Å². The van der Waals surface area contributed by atoms with Crippen LogP contribution in [0.4, 0.5) is 20.2 Å². The van der Waals surface area contributed by atoms with Crippen molar-refractivity contribution in [3.8, 4) is 0 Å². The summed E-state index contributed by atoms with van der Waals surface area (Å²) in [6, 6.07) is 22.1. The predicted octanol–water partition coefficient (Wildman–Crippen LogP) is 4.92. The molecule has 0 radical (unpaired) electrons. The van der Waals surface area contributed by atoms with Crippen molar-refractivity contribution < 1.29 is 26.8 Å². The van der Waals surface area contributed by atoms with E-state index in [0.29, 0.717) is 31.7 Å². The Morgan fingerprint density at radius 1 is 0.756 bits per heavy atom. The van der Waals surface area contributed by atoms with E-state index in [1.807, 2.05) is 0 Å². The van der Waals surface area contributed by atoms with Gasteiger partial charge in [-0.05, 0) is 72.3 Å². The number of hydrogen-bond donors (Lipinski definition) is 0. The topological polar surface area (TPSA) is 78.0 Å². The summed E-state index contributed by atoms with van der Waals surface area (Å²) in [4.78, 5) is 32.3. The number of nitrogens with zero attached hydrogens (tertiary/aromatic N) is 3. The van der Waals surface area contributed by atoms with Crippen molar-refractivity contribution in [3.05, 3.63) is 119 Å². The fraction of sp³-hybridized carbons (Fsp3) is 0.161.